The first-order valence-electron chi connectivity index (χ1n) is 6.23. The molecule has 98 valence electrons. The van der Waals surface area contributed by atoms with Crippen LogP contribution < -0.4 is 5.32 Å². The summed E-state index contributed by atoms with van der Waals surface area (Å²) in [6, 6.07) is 9.71. The smallest absolute Gasteiger partial charge is 0.186 e. The molecule has 3 rings (SSSR count). The van der Waals surface area contributed by atoms with E-state index in [1.54, 1.807) is 12.5 Å². The highest BCUT2D eigenvalue weighted by Crippen LogP contribution is 2.23. The van der Waals surface area contributed by atoms with Crippen LogP contribution in [0, 0.1) is 11.3 Å². The van der Waals surface area contributed by atoms with Crippen molar-refractivity contribution in [1.82, 2.24) is 19.7 Å². The van der Waals surface area contributed by atoms with Crippen LogP contribution in [0.1, 0.15) is 5.69 Å². The number of nitriles is 1. The number of anilines is 1. The van der Waals surface area contributed by atoms with Gasteiger partial charge in [-0.25, -0.2) is 4.98 Å². The Balaban J connectivity index is 1.87. The summed E-state index contributed by atoms with van der Waals surface area (Å²) in [7, 11) is 0. The van der Waals surface area contributed by atoms with E-state index >= 15 is 0 Å². The number of imidazole rings is 1. The maximum Gasteiger partial charge on any atom is 0.186 e. The first-order valence-corrected chi connectivity index (χ1v) is 6.23. The number of nitrogens with zero attached hydrogens (tertiary/aromatic N) is 5. The van der Waals surface area contributed by atoms with E-state index in [1.807, 2.05) is 35.0 Å². The zero-order valence-corrected chi connectivity index (χ0v) is 10.7. The molecule has 6 heteroatoms. The Labute approximate surface area is 115 Å². The molecule has 0 saturated carbocycles. The fourth-order valence-corrected chi connectivity index (χ4v) is 2.04. The van der Waals surface area contributed by atoms with Gasteiger partial charge in [0.2, 0.25) is 0 Å². The predicted octanol–water partition coefficient (Wildman–Crippen LogP) is 1.81. The summed E-state index contributed by atoms with van der Waals surface area (Å²) in [4.78, 5) is 3.99. The number of nitrogens with one attached hydrogen (secondary N) is 1. The standard InChI is InChI=1S/C14H12N6/c15-9-13-14(17-6-8-20-7-5-16-10-20)11-3-1-2-4-12(11)18-19-13/h1-5,7,10H,6,8H2,(H,17,18). The van der Waals surface area contributed by atoms with Crippen molar-refractivity contribution in [2.75, 3.05) is 11.9 Å². The highest BCUT2D eigenvalue weighted by Gasteiger charge is 2.09. The molecule has 0 fully saturated rings. The number of aromatic nitrogens is 4. The van der Waals surface area contributed by atoms with Gasteiger partial charge in [0.25, 0.3) is 0 Å². The largest absolute Gasteiger partial charge is 0.380 e. The summed E-state index contributed by atoms with van der Waals surface area (Å²) in [6.07, 6.45) is 5.40. The number of rotatable bonds is 4. The number of benzene rings is 1. The highest BCUT2D eigenvalue weighted by atomic mass is 15.1. The maximum absolute atomic E-state index is 9.15. The first-order chi connectivity index (χ1) is 9.88. The molecule has 0 aliphatic heterocycles. The second kappa shape index (κ2) is 5.36. The van der Waals surface area contributed by atoms with Crippen LogP contribution in [0.5, 0.6) is 0 Å². The topological polar surface area (TPSA) is 79.4 Å². The molecule has 2 aromatic heterocycles. The Morgan fingerprint density at radius 3 is 2.95 bits per heavy atom. The Bertz CT molecular complexity index is 757. The van der Waals surface area contributed by atoms with E-state index in [1.165, 1.54) is 0 Å². The Morgan fingerprint density at radius 2 is 2.15 bits per heavy atom. The maximum atomic E-state index is 9.15. The van der Waals surface area contributed by atoms with Gasteiger partial charge in [-0.2, -0.15) is 5.26 Å². The predicted molar refractivity (Wildman–Crippen MR) is 75.0 cm³/mol. The minimum atomic E-state index is 0.314. The van der Waals surface area contributed by atoms with Crippen LogP contribution in [0.25, 0.3) is 10.9 Å². The van der Waals surface area contributed by atoms with Crippen LogP contribution in [0.15, 0.2) is 43.0 Å². The third-order valence-corrected chi connectivity index (χ3v) is 3.00. The zero-order chi connectivity index (χ0) is 13.8. The molecular formula is C14H12N6. The van der Waals surface area contributed by atoms with Crippen LogP contribution in [-0.4, -0.2) is 26.3 Å². The molecule has 0 amide bonds. The molecule has 0 bridgehead atoms. The molecule has 0 aliphatic carbocycles. The van der Waals surface area contributed by atoms with Crippen LogP contribution in [0.3, 0.4) is 0 Å². The van der Waals surface area contributed by atoms with Crippen LogP contribution in [0.2, 0.25) is 0 Å². The van der Waals surface area contributed by atoms with Gasteiger partial charge in [0, 0.05) is 30.9 Å². The average Bonchev–Trinajstić information content (AvgIpc) is 3.00. The SMILES string of the molecule is N#Cc1nnc2ccccc2c1NCCn1ccnc1. The Kier molecular flexibility index (Phi) is 3.25. The van der Waals surface area contributed by atoms with Gasteiger partial charge in [-0.15, -0.1) is 10.2 Å². The molecule has 0 atom stereocenters. The van der Waals surface area contributed by atoms with Crippen LogP contribution in [-0.2, 0) is 6.54 Å². The fraction of sp³-hybridized carbons (Fsp3) is 0.143. The van der Waals surface area contributed by atoms with Crippen molar-refractivity contribution >= 4 is 16.6 Å². The van der Waals surface area contributed by atoms with Crippen LogP contribution >= 0.6 is 0 Å². The second-order valence-electron chi connectivity index (χ2n) is 4.28. The van der Waals surface area contributed by atoms with E-state index in [2.05, 4.69) is 26.6 Å². The van der Waals surface area contributed by atoms with Gasteiger partial charge in [-0.1, -0.05) is 18.2 Å². The van der Waals surface area contributed by atoms with Crippen molar-refractivity contribution in [2.45, 2.75) is 6.54 Å². The van der Waals surface area contributed by atoms with Crippen molar-refractivity contribution in [3.63, 3.8) is 0 Å². The molecule has 2 heterocycles. The minimum Gasteiger partial charge on any atom is -0.380 e. The van der Waals surface area contributed by atoms with Crippen molar-refractivity contribution < 1.29 is 0 Å². The monoisotopic (exact) mass is 264 g/mol. The lowest BCUT2D eigenvalue weighted by atomic mass is 10.1. The summed E-state index contributed by atoms with van der Waals surface area (Å²) in [5, 5.41) is 21.3. The lowest BCUT2D eigenvalue weighted by Gasteiger charge is -2.10. The van der Waals surface area contributed by atoms with Gasteiger partial charge >= 0.3 is 0 Å². The van der Waals surface area contributed by atoms with E-state index in [-0.39, 0.29) is 0 Å². The van der Waals surface area contributed by atoms with Gasteiger partial charge in [-0.05, 0) is 6.07 Å². The van der Waals surface area contributed by atoms with E-state index in [4.69, 9.17) is 5.26 Å². The fourth-order valence-electron chi connectivity index (χ4n) is 2.04. The van der Waals surface area contributed by atoms with Crippen molar-refractivity contribution in [2.24, 2.45) is 0 Å². The summed E-state index contributed by atoms with van der Waals surface area (Å²) < 4.78 is 1.97. The minimum absolute atomic E-state index is 0.314. The van der Waals surface area contributed by atoms with E-state index in [9.17, 15) is 0 Å². The van der Waals surface area contributed by atoms with Crippen molar-refractivity contribution in [3.05, 3.63) is 48.7 Å². The van der Waals surface area contributed by atoms with E-state index < -0.39 is 0 Å². The normalized spacial score (nSPS) is 10.3. The van der Waals surface area contributed by atoms with Gasteiger partial charge in [0.05, 0.1) is 17.5 Å². The quantitative estimate of drug-likeness (QED) is 0.777. The number of fused-ring (bicyclic) bond motifs is 1. The zero-order valence-electron chi connectivity index (χ0n) is 10.7. The van der Waals surface area contributed by atoms with Crippen molar-refractivity contribution in [3.8, 4) is 6.07 Å². The van der Waals surface area contributed by atoms with Gasteiger partial charge in [-0.3, -0.25) is 0 Å². The summed E-state index contributed by atoms with van der Waals surface area (Å²) in [5.74, 6) is 0. The molecule has 3 aromatic rings. The second-order valence-corrected chi connectivity index (χ2v) is 4.28. The van der Waals surface area contributed by atoms with Gasteiger partial charge < -0.3 is 9.88 Å². The molecule has 1 N–H and O–H groups in total. The molecule has 0 saturated heterocycles. The third-order valence-electron chi connectivity index (χ3n) is 3.00. The molecule has 0 aliphatic rings. The molecule has 6 nitrogen and oxygen atoms in total. The van der Waals surface area contributed by atoms with Crippen LogP contribution in [0.4, 0.5) is 5.69 Å². The number of hydrogen-bond acceptors (Lipinski definition) is 5. The number of hydrogen-bond donors (Lipinski definition) is 1. The van der Waals surface area contributed by atoms with E-state index in [0.717, 1.165) is 23.1 Å². The first kappa shape index (κ1) is 12.1. The lowest BCUT2D eigenvalue weighted by molar-refractivity contribution is 0.727. The van der Waals surface area contributed by atoms with Crippen molar-refractivity contribution in [1.29, 1.82) is 5.26 Å². The summed E-state index contributed by atoms with van der Waals surface area (Å²) >= 11 is 0. The Hall–Kier alpha value is -2.94. The molecule has 0 unspecified atom stereocenters. The van der Waals surface area contributed by atoms with Gasteiger partial charge in [0.15, 0.2) is 5.69 Å². The van der Waals surface area contributed by atoms with Gasteiger partial charge in [0.1, 0.15) is 6.07 Å². The van der Waals surface area contributed by atoms with E-state index in [0.29, 0.717) is 12.2 Å². The lowest BCUT2D eigenvalue weighted by Crippen LogP contribution is -2.11. The molecule has 1 aromatic carbocycles. The molecular weight excluding hydrogens is 252 g/mol. The summed E-state index contributed by atoms with van der Waals surface area (Å²) in [6.45, 7) is 1.45. The highest BCUT2D eigenvalue weighted by molar-refractivity contribution is 5.92. The molecule has 0 spiro atoms. The molecule has 20 heavy (non-hydrogen) atoms. The molecule has 0 radical (unpaired) electrons. The average molecular weight is 264 g/mol. The summed E-state index contributed by atoms with van der Waals surface area (Å²) in [5.41, 5.74) is 1.82. The third kappa shape index (κ3) is 2.29. The Morgan fingerprint density at radius 1 is 1.25 bits per heavy atom.